The van der Waals surface area contributed by atoms with Crippen molar-refractivity contribution in [2.24, 2.45) is 5.92 Å². The van der Waals surface area contributed by atoms with Gasteiger partial charge >= 0.3 is 5.97 Å². The van der Waals surface area contributed by atoms with Gasteiger partial charge in [0.15, 0.2) is 0 Å². The van der Waals surface area contributed by atoms with Crippen LogP contribution >= 0.6 is 0 Å². The van der Waals surface area contributed by atoms with Crippen molar-refractivity contribution in [1.82, 2.24) is 10.6 Å². The van der Waals surface area contributed by atoms with Crippen LogP contribution in [0.4, 0.5) is 0 Å². The lowest BCUT2D eigenvalue weighted by Crippen LogP contribution is -2.50. The molecule has 5 heteroatoms. The highest BCUT2D eigenvalue weighted by atomic mass is 16.4. The lowest BCUT2D eigenvalue weighted by Gasteiger charge is -2.20. The van der Waals surface area contributed by atoms with Gasteiger partial charge in [-0.1, -0.05) is 13.8 Å². The second-order valence-electron chi connectivity index (χ2n) is 4.22. The van der Waals surface area contributed by atoms with E-state index in [2.05, 4.69) is 10.6 Å². The number of nitrogens with one attached hydrogen (secondary N) is 2. The van der Waals surface area contributed by atoms with Crippen molar-refractivity contribution >= 4 is 11.9 Å². The molecule has 0 bridgehead atoms. The van der Waals surface area contributed by atoms with Crippen LogP contribution in [-0.2, 0) is 9.59 Å². The van der Waals surface area contributed by atoms with Crippen molar-refractivity contribution in [3.8, 4) is 0 Å². The highest BCUT2D eigenvalue weighted by Crippen LogP contribution is 2.07. The largest absolute Gasteiger partial charge is 0.480 e. The van der Waals surface area contributed by atoms with Crippen molar-refractivity contribution in [3.05, 3.63) is 0 Å². The van der Waals surface area contributed by atoms with E-state index >= 15 is 0 Å². The first-order chi connectivity index (χ1) is 7.02. The third-order valence-electron chi connectivity index (χ3n) is 2.61. The molecule has 1 amide bonds. The van der Waals surface area contributed by atoms with Gasteiger partial charge in [-0.05, 0) is 25.3 Å². The molecule has 1 unspecified atom stereocenters. The Labute approximate surface area is 89.2 Å². The van der Waals surface area contributed by atoms with Crippen LogP contribution in [0.15, 0.2) is 0 Å². The highest BCUT2D eigenvalue weighted by molar-refractivity contribution is 5.87. The molecule has 0 saturated carbocycles. The molecule has 0 aliphatic carbocycles. The van der Waals surface area contributed by atoms with Crippen LogP contribution in [0, 0.1) is 5.92 Å². The number of carboxylic acids is 1. The Hall–Kier alpha value is -1.10. The van der Waals surface area contributed by atoms with Gasteiger partial charge in [0.05, 0.1) is 6.04 Å². The van der Waals surface area contributed by atoms with Crippen LogP contribution in [0.5, 0.6) is 0 Å². The van der Waals surface area contributed by atoms with E-state index in [1.54, 1.807) is 13.8 Å². The molecule has 86 valence electrons. The lowest BCUT2D eigenvalue weighted by molar-refractivity contribution is -0.143. The quantitative estimate of drug-likeness (QED) is 0.614. The van der Waals surface area contributed by atoms with Crippen molar-refractivity contribution in [2.45, 2.75) is 38.8 Å². The van der Waals surface area contributed by atoms with Gasteiger partial charge in [-0.15, -0.1) is 0 Å². The molecule has 0 spiro atoms. The molecule has 1 saturated heterocycles. The van der Waals surface area contributed by atoms with Gasteiger partial charge in [0.1, 0.15) is 6.04 Å². The molecule has 1 aliphatic heterocycles. The number of hydrogen-bond acceptors (Lipinski definition) is 3. The Morgan fingerprint density at radius 3 is 2.53 bits per heavy atom. The van der Waals surface area contributed by atoms with Crippen LogP contribution in [0.25, 0.3) is 0 Å². The van der Waals surface area contributed by atoms with Crippen LogP contribution in [-0.4, -0.2) is 35.6 Å². The molecule has 1 rings (SSSR count). The van der Waals surface area contributed by atoms with Crippen molar-refractivity contribution < 1.29 is 14.7 Å². The standard InChI is InChI=1S/C10H18N2O3/c1-6(2)8(10(14)15)12-9(13)7-4-3-5-11-7/h6-8,11H,3-5H2,1-2H3,(H,12,13)(H,14,15)/t7?,8-/m1/s1. The maximum Gasteiger partial charge on any atom is 0.326 e. The van der Waals surface area contributed by atoms with E-state index in [0.717, 1.165) is 19.4 Å². The predicted octanol–water partition coefficient (Wildman–Crippen LogP) is -0.0362. The smallest absolute Gasteiger partial charge is 0.326 e. The highest BCUT2D eigenvalue weighted by Gasteiger charge is 2.28. The molecular formula is C10H18N2O3. The fraction of sp³-hybridized carbons (Fsp3) is 0.800. The predicted molar refractivity (Wildman–Crippen MR) is 55.4 cm³/mol. The molecule has 1 aliphatic rings. The summed E-state index contributed by atoms with van der Waals surface area (Å²) in [4.78, 5) is 22.5. The minimum Gasteiger partial charge on any atom is -0.480 e. The maximum atomic E-state index is 11.6. The summed E-state index contributed by atoms with van der Waals surface area (Å²) in [7, 11) is 0. The van der Waals surface area contributed by atoms with Gasteiger partial charge in [-0.3, -0.25) is 4.79 Å². The molecule has 0 aromatic carbocycles. The number of carboxylic acid groups (broad SMARTS) is 1. The monoisotopic (exact) mass is 214 g/mol. The second-order valence-corrected chi connectivity index (χ2v) is 4.22. The van der Waals surface area contributed by atoms with E-state index < -0.39 is 12.0 Å². The van der Waals surface area contributed by atoms with Gasteiger partial charge < -0.3 is 15.7 Å². The van der Waals surface area contributed by atoms with Crippen molar-refractivity contribution in [2.75, 3.05) is 6.54 Å². The Morgan fingerprint density at radius 1 is 1.47 bits per heavy atom. The third kappa shape index (κ3) is 3.20. The van der Waals surface area contributed by atoms with Crippen LogP contribution in [0.3, 0.4) is 0 Å². The molecule has 5 nitrogen and oxygen atoms in total. The average molecular weight is 214 g/mol. The topological polar surface area (TPSA) is 78.4 Å². The van der Waals surface area contributed by atoms with Crippen molar-refractivity contribution in [3.63, 3.8) is 0 Å². The molecule has 1 fully saturated rings. The summed E-state index contributed by atoms with van der Waals surface area (Å²) in [6, 6.07) is -1.01. The summed E-state index contributed by atoms with van der Waals surface area (Å²) in [6.07, 6.45) is 1.76. The minimum absolute atomic E-state index is 0.104. The Bertz CT molecular complexity index is 247. The zero-order chi connectivity index (χ0) is 11.4. The molecule has 3 N–H and O–H groups in total. The Morgan fingerprint density at radius 2 is 2.13 bits per heavy atom. The molecule has 2 atom stereocenters. The number of hydrogen-bond donors (Lipinski definition) is 3. The summed E-state index contributed by atoms with van der Waals surface area (Å²) in [5.74, 6) is -1.28. The maximum absolute atomic E-state index is 11.6. The lowest BCUT2D eigenvalue weighted by atomic mass is 10.0. The first-order valence-corrected chi connectivity index (χ1v) is 5.29. The normalized spacial score (nSPS) is 22.7. The molecule has 0 aromatic heterocycles. The molecule has 0 radical (unpaired) electrons. The van der Waals surface area contributed by atoms with Gasteiger partial charge in [-0.2, -0.15) is 0 Å². The number of carbonyl (C=O) groups is 2. The van der Waals surface area contributed by atoms with E-state index in [4.69, 9.17) is 5.11 Å². The number of rotatable bonds is 4. The fourth-order valence-electron chi connectivity index (χ4n) is 1.68. The molecular weight excluding hydrogens is 196 g/mol. The van der Waals surface area contributed by atoms with Crippen LogP contribution in [0.2, 0.25) is 0 Å². The number of amides is 1. The molecule has 1 heterocycles. The summed E-state index contributed by atoms with van der Waals surface area (Å²) in [5, 5.41) is 14.5. The van der Waals surface area contributed by atoms with E-state index in [-0.39, 0.29) is 17.9 Å². The zero-order valence-electron chi connectivity index (χ0n) is 9.12. The third-order valence-corrected chi connectivity index (χ3v) is 2.61. The Kier molecular flexibility index (Phi) is 4.08. The Balaban J connectivity index is 2.50. The van der Waals surface area contributed by atoms with E-state index in [1.807, 2.05) is 0 Å². The molecule has 15 heavy (non-hydrogen) atoms. The summed E-state index contributed by atoms with van der Waals surface area (Å²) < 4.78 is 0. The average Bonchev–Trinajstić information content (AvgIpc) is 2.65. The number of carbonyl (C=O) groups excluding carboxylic acids is 1. The summed E-state index contributed by atoms with van der Waals surface area (Å²) >= 11 is 0. The van der Waals surface area contributed by atoms with Gasteiger partial charge in [-0.25, -0.2) is 4.79 Å². The minimum atomic E-state index is -0.976. The zero-order valence-corrected chi connectivity index (χ0v) is 9.12. The molecule has 0 aromatic rings. The first-order valence-electron chi connectivity index (χ1n) is 5.29. The summed E-state index contributed by atoms with van der Waals surface area (Å²) in [6.45, 7) is 4.39. The number of aliphatic carboxylic acids is 1. The van der Waals surface area contributed by atoms with Crippen molar-refractivity contribution in [1.29, 1.82) is 0 Å². The van der Waals surface area contributed by atoms with E-state index in [9.17, 15) is 9.59 Å². The van der Waals surface area contributed by atoms with Crippen LogP contribution < -0.4 is 10.6 Å². The van der Waals surface area contributed by atoms with E-state index in [0.29, 0.717) is 0 Å². The van der Waals surface area contributed by atoms with Crippen LogP contribution in [0.1, 0.15) is 26.7 Å². The van der Waals surface area contributed by atoms with Gasteiger partial charge in [0.25, 0.3) is 0 Å². The van der Waals surface area contributed by atoms with E-state index in [1.165, 1.54) is 0 Å². The summed E-state index contributed by atoms with van der Waals surface area (Å²) in [5.41, 5.74) is 0. The van der Waals surface area contributed by atoms with Gasteiger partial charge in [0.2, 0.25) is 5.91 Å². The second kappa shape index (κ2) is 5.11. The first kappa shape index (κ1) is 12.0. The SMILES string of the molecule is CC(C)[C@@H](NC(=O)C1CCCN1)C(=O)O. The fourth-order valence-corrected chi connectivity index (χ4v) is 1.68. The van der Waals surface area contributed by atoms with Gasteiger partial charge in [0, 0.05) is 0 Å².